The number of anilines is 1. The van der Waals surface area contributed by atoms with Crippen molar-refractivity contribution in [3.63, 3.8) is 0 Å². The number of hydrogen-bond acceptors (Lipinski definition) is 4. The number of fused-ring (bicyclic) bond motifs is 1. The van der Waals surface area contributed by atoms with Crippen molar-refractivity contribution < 1.29 is 0 Å². The van der Waals surface area contributed by atoms with Crippen molar-refractivity contribution in [3.05, 3.63) is 23.4 Å². The Morgan fingerprint density at radius 2 is 2.15 bits per heavy atom. The minimum atomic E-state index is 0.755. The first-order chi connectivity index (χ1) is 9.79. The molecule has 0 saturated heterocycles. The van der Waals surface area contributed by atoms with Gasteiger partial charge < -0.3 is 16.4 Å². The van der Waals surface area contributed by atoms with Crippen LogP contribution in [0, 0.1) is 6.92 Å². The third kappa shape index (κ3) is 4.58. The van der Waals surface area contributed by atoms with Crippen LogP contribution in [0.1, 0.15) is 30.5 Å². The van der Waals surface area contributed by atoms with Gasteiger partial charge in [0.25, 0.3) is 0 Å². The van der Waals surface area contributed by atoms with Gasteiger partial charge in [0.05, 0.1) is 0 Å². The fraction of sp³-hybridized carbons (Fsp3) is 0.600. The summed E-state index contributed by atoms with van der Waals surface area (Å²) in [7, 11) is 0. The van der Waals surface area contributed by atoms with E-state index >= 15 is 0 Å². The molecule has 0 aromatic carbocycles. The van der Waals surface area contributed by atoms with E-state index in [9.17, 15) is 0 Å². The molecule has 0 bridgehead atoms. The predicted octanol–water partition coefficient (Wildman–Crippen LogP) is 1.48. The Morgan fingerprint density at radius 1 is 1.30 bits per heavy atom. The number of aryl methyl sites for hydroxylation is 2. The van der Waals surface area contributed by atoms with Crippen molar-refractivity contribution >= 4 is 11.7 Å². The largest absolute Gasteiger partial charge is 0.330 e. The normalized spacial score (nSPS) is 16.0. The first kappa shape index (κ1) is 14.9. The van der Waals surface area contributed by atoms with E-state index in [4.69, 9.17) is 5.73 Å². The van der Waals surface area contributed by atoms with Gasteiger partial charge in [0, 0.05) is 18.7 Å². The zero-order chi connectivity index (χ0) is 14.2. The van der Waals surface area contributed by atoms with Crippen LogP contribution < -0.4 is 16.4 Å². The van der Waals surface area contributed by atoms with Crippen molar-refractivity contribution in [1.29, 1.82) is 0 Å². The van der Waals surface area contributed by atoms with Gasteiger partial charge in [0.15, 0.2) is 0 Å². The maximum absolute atomic E-state index is 5.44. The zero-order valence-electron chi connectivity index (χ0n) is 12.3. The second-order valence-corrected chi connectivity index (χ2v) is 5.16. The Bertz CT molecular complexity index is 456. The Morgan fingerprint density at radius 3 is 3.00 bits per heavy atom. The molecule has 0 spiro atoms. The molecule has 1 aromatic heterocycles. The second-order valence-electron chi connectivity index (χ2n) is 5.16. The molecular weight excluding hydrogens is 250 g/mol. The highest BCUT2D eigenvalue weighted by atomic mass is 15.1. The van der Waals surface area contributed by atoms with Gasteiger partial charge in [-0.25, -0.2) is 4.98 Å². The summed E-state index contributed by atoms with van der Waals surface area (Å²) in [5.41, 5.74) is 7.77. The highest BCUT2D eigenvalue weighted by molar-refractivity contribution is 5.97. The SMILES string of the molecule is Cc1ccc2c(n1)NC(=NCCCNCCCN)CC2. The molecule has 1 aromatic rings. The highest BCUT2D eigenvalue weighted by Crippen LogP contribution is 2.20. The lowest BCUT2D eigenvalue weighted by atomic mass is 10.1. The molecule has 5 nitrogen and oxygen atoms in total. The van der Waals surface area contributed by atoms with Crippen LogP contribution in [0.5, 0.6) is 0 Å². The molecule has 0 fully saturated rings. The zero-order valence-corrected chi connectivity index (χ0v) is 12.3. The summed E-state index contributed by atoms with van der Waals surface area (Å²) < 4.78 is 0. The molecule has 2 rings (SSSR count). The fourth-order valence-corrected chi connectivity index (χ4v) is 2.24. The first-order valence-corrected chi connectivity index (χ1v) is 7.47. The summed E-state index contributed by atoms with van der Waals surface area (Å²) in [4.78, 5) is 9.16. The average Bonchev–Trinajstić information content (AvgIpc) is 2.46. The summed E-state index contributed by atoms with van der Waals surface area (Å²) in [6.07, 6.45) is 4.11. The molecule has 20 heavy (non-hydrogen) atoms. The third-order valence-corrected chi connectivity index (χ3v) is 3.38. The van der Waals surface area contributed by atoms with Gasteiger partial charge in [-0.3, -0.25) is 4.99 Å². The van der Waals surface area contributed by atoms with Crippen molar-refractivity contribution in [2.24, 2.45) is 10.7 Å². The predicted molar refractivity (Wildman–Crippen MR) is 84.4 cm³/mol. The van der Waals surface area contributed by atoms with Gasteiger partial charge in [-0.1, -0.05) is 6.07 Å². The molecule has 4 N–H and O–H groups in total. The van der Waals surface area contributed by atoms with E-state index in [0.29, 0.717) is 0 Å². The molecule has 5 heteroatoms. The monoisotopic (exact) mass is 275 g/mol. The topological polar surface area (TPSA) is 75.3 Å². The number of nitrogens with one attached hydrogen (secondary N) is 2. The molecule has 0 atom stereocenters. The molecule has 0 saturated carbocycles. The number of hydrogen-bond donors (Lipinski definition) is 3. The molecule has 110 valence electrons. The molecule has 0 radical (unpaired) electrons. The summed E-state index contributed by atoms with van der Waals surface area (Å²) in [6, 6.07) is 4.22. The molecule has 1 aliphatic heterocycles. The molecule has 1 aliphatic rings. The Labute approximate surface area is 121 Å². The minimum absolute atomic E-state index is 0.755. The van der Waals surface area contributed by atoms with Gasteiger partial charge in [0.1, 0.15) is 11.7 Å². The summed E-state index contributed by atoms with van der Waals surface area (Å²) in [6.45, 7) is 5.64. The number of nitrogens with zero attached hydrogens (tertiary/aromatic N) is 2. The Balaban J connectivity index is 1.73. The van der Waals surface area contributed by atoms with E-state index in [1.54, 1.807) is 0 Å². The van der Waals surface area contributed by atoms with Crippen LogP contribution in [0.25, 0.3) is 0 Å². The maximum Gasteiger partial charge on any atom is 0.134 e. The molecule has 0 unspecified atom stereocenters. The van der Waals surface area contributed by atoms with Gasteiger partial charge in [0.2, 0.25) is 0 Å². The lowest BCUT2D eigenvalue weighted by Gasteiger charge is -2.19. The van der Waals surface area contributed by atoms with Crippen molar-refractivity contribution in [2.75, 3.05) is 31.5 Å². The van der Waals surface area contributed by atoms with Gasteiger partial charge in [-0.15, -0.1) is 0 Å². The van der Waals surface area contributed by atoms with E-state index in [-0.39, 0.29) is 0 Å². The Hall–Kier alpha value is -1.46. The van der Waals surface area contributed by atoms with E-state index in [1.165, 1.54) is 5.56 Å². The third-order valence-electron chi connectivity index (χ3n) is 3.38. The van der Waals surface area contributed by atoms with Crippen molar-refractivity contribution in [1.82, 2.24) is 10.3 Å². The Kier molecular flexibility index (Phi) is 5.95. The van der Waals surface area contributed by atoms with Crippen molar-refractivity contribution in [2.45, 2.75) is 32.6 Å². The molecule has 0 amide bonds. The van der Waals surface area contributed by atoms with E-state index in [2.05, 4.69) is 32.7 Å². The van der Waals surface area contributed by atoms with Gasteiger partial charge >= 0.3 is 0 Å². The molecular formula is C15H25N5. The van der Waals surface area contributed by atoms with Crippen molar-refractivity contribution in [3.8, 4) is 0 Å². The number of rotatable bonds is 7. The standard InChI is InChI=1S/C15H25N5/c1-12-4-5-13-6-7-14(20-15(13)19-12)18-11-3-10-17-9-2-8-16/h4-5,17H,2-3,6-11,16H2,1H3,(H,18,19,20). The second kappa shape index (κ2) is 7.97. The number of amidine groups is 1. The van der Waals surface area contributed by atoms with Crippen LogP contribution >= 0.6 is 0 Å². The van der Waals surface area contributed by atoms with Crippen LogP contribution in [0.3, 0.4) is 0 Å². The quantitative estimate of drug-likeness (QED) is 0.659. The van der Waals surface area contributed by atoms with Crippen LogP contribution in [0.4, 0.5) is 5.82 Å². The fourth-order valence-electron chi connectivity index (χ4n) is 2.24. The van der Waals surface area contributed by atoms with Crippen LogP contribution in [-0.4, -0.2) is 37.0 Å². The van der Waals surface area contributed by atoms with E-state index in [0.717, 1.165) is 69.2 Å². The van der Waals surface area contributed by atoms with Gasteiger partial charge in [-0.2, -0.15) is 0 Å². The van der Waals surface area contributed by atoms with Gasteiger partial charge in [-0.05, 0) is 57.5 Å². The molecule has 0 aliphatic carbocycles. The lowest BCUT2D eigenvalue weighted by Crippen LogP contribution is -2.22. The summed E-state index contributed by atoms with van der Waals surface area (Å²) in [5.74, 6) is 2.05. The van der Waals surface area contributed by atoms with Crippen LogP contribution in [-0.2, 0) is 6.42 Å². The highest BCUT2D eigenvalue weighted by Gasteiger charge is 2.13. The van der Waals surface area contributed by atoms with E-state index in [1.807, 2.05) is 6.92 Å². The number of aliphatic imine (C=N–C) groups is 1. The summed E-state index contributed by atoms with van der Waals surface area (Å²) >= 11 is 0. The molecule has 2 heterocycles. The summed E-state index contributed by atoms with van der Waals surface area (Å²) in [5, 5.41) is 6.72. The smallest absolute Gasteiger partial charge is 0.134 e. The van der Waals surface area contributed by atoms with Crippen LogP contribution in [0.15, 0.2) is 17.1 Å². The van der Waals surface area contributed by atoms with E-state index < -0.39 is 0 Å². The number of aromatic nitrogens is 1. The maximum atomic E-state index is 5.44. The van der Waals surface area contributed by atoms with Crippen LogP contribution in [0.2, 0.25) is 0 Å². The lowest BCUT2D eigenvalue weighted by molar-refractivity contribution is 0.631. The average molecular weight is 275 g/mol. The first-order valence-electron chi connectivity index (χ1n) is 7.47. The minimum Gasteiger partial charge on any atom is -0.330 e. The number of pyridine rings is 1. The number of nitrogens with two attached hydrogens (primary N) is 1.